The fourth-order valence-corrected chi connectivity index (χ4v) is 4.92. The first-order valence-electron chi connectivity index (χ1n) is 7.85. The van der Waals surface area contributed by atoms with Crippen LogP contribution >= 0.6 is 11.3 Å². The van der Waals surface area contributed by atoms with Crippen LogP contribution in [0.3, 0.4) is 0 Å². The average Bonchev–Trinajstić information content (AvgIpc) is 3.11. The molecular formula is C16H16F3N3O3S2. The third-order valence-corrected chi connectivity index (χ3v) is 6.80. The quantitative estimate of drug-likeness (QED) is 0.803. The van der Waals surface area contributed by atoms with Crippen LogP contribution in [-0.4, -0.2) is 31.7 Å². The molecule has 1 aromatic heterocycles. The summed E-state index contributed by atoms with van der Waals surface area (Å²) in [6.07, 6.45) is -4.39. The number of carbonyl (C=O) groups is 1. The Bertz CT molecular complexity index is 930. The van der Waals surface area contributed by atoms with Gasteiger partial charge in [0.15, 0.2) is 0 Å². The molecule has 0 unspecified atom stereocenters. The lowest BCUT2D eigenvalue weighted by atomic mass is 10.1. The number of amides is 1. The molecule has 0 bridgehead atoms. The normalized spacial score (nSPS) is 23.1. The van der Waals surface area contributed by atoms with Crippen molar-refractivity contribution in [3.8, 4) is 0 Å². The summed E-state index contributed by atoms with van der Waals surface area (Å²) in [5.74, 6) is -0.691. The van der Waals surface area contributed by atoms with E-state index in [0.717, 1.165) is 21.3 Å². The molecule has 0 saturated carbocycles. The summed E-state index contributed by atoms with van der Waals surface area (Å²) >= 11 is 1.35. The van der Waals surface area contributed by atoms with E-state index in [0.29, 0.717) is 0 Å². The predicted octanol–water partition coefficient (Wildman–Crippen LogP) is 2.99. The van der Waals surface area contributed by atoms with Gasteiger partial charge in [-0.15, -0.1) is 11.3 Å². The van der Waals surface area contributed by atoms with Gasteiger partial charge >= 0.3 is 6.18 Å². The van der Waals surface area contributed by atoms with Crippen LogP contribution in [0, 0.1) is 0 Å². The van der Waals surface area contributed by atoms with Crippen molar-refractivity contribution in [3.63, 3.8) is 0 Å². The highest BCUT2D eigenvalue weighted by molar-refractivity contribution is 7.87. The molecule has 0 radical (unpaired) electrons. The second kappa shape index (κ2) is 7.23. The minimum absolute atomic E-state index is 0.0492. The Kier molecular flexibility index (Phi) is 5.30. The summed E-state index contributed by atoms with van der Waals surface area (Å²) in [4.78, 5) is 13.4. The van der Waals surface area contributed by atoms with Crippen LogP contribution in [0.5, 0.6) is 0 Å². The van der Waals surface area contributed by atoms with Gasteiger partial charge in [-0.25, -0.2) is 0 Å². The van der Waals surface area contributed by atoms with E-state index in [-0.39, 0.29) is 12.1 Å². The number of nitrogens with one attached hydrogen (secondary N) is 2. The number of anilines is 1. The van der Waals surface area contributed by atoms with Crippen molar-refractivity contribution in [3.05, 3.63) is 52.2 Å². The maximum atomic E-state index is 12.8. The highest BCUT2D eigenvalue weighted by Gasteiger charge is 2.41. The van der Waals surface area contributed by atoms with E-state index < -0.39 is 39.9 Å². The van der Waals surface area contributed by atoms with Gasteiger partial charge in [0.05, 0.1) is 11.6 Å². The average molecular weight is 419 g/mol. The van der Waals surface area contributed by atoms with Gasteiger partial charge in [-0.05, 0) is 36.1 Å². The Morgan fingerprint density at radius 1 is 1.30 bits per heavy atom. The van der Waals surface area contributed by atoms with Crippen LogP contribution < -0.4 is 10.0 Å². The van der Waals surface area contributed by atoms with Crippen molar-refractivity contribution < 1.29 is 26.4 Å². The topological polar surface area (TPSA) is 78.5 Å². The zero-order valence-corrected chi connectivity index (χ0v) is 15.7. The van der Waals surface area contributed by atoms with E-state index in [1.54, 1.807) is 17.5 Å². The Labute approximate surface area is 158 Å². The first-order chi connectivity index (χ1) is 12.6. The number of hydrogen-bond donors (Lipinski definition) is 2. The van der Waals surface area contributed by atoms with E-state index in [4.69, 9.17) is 0 Å². The maximum absolute atomic E-state index is 12.8. The maximum Gasteiger partial charge on any atom is 0.416 e. The number of rotatable bonds is 3. The first-order valence-corrected chi connectivity index (χ1v) is 10.2. The standard InChI is InChI=1S/C16H16F3N3O3S2/c1-22-13(9-12(21-27(22,24)25)14-6-3-7-26-14)15(23)20-11-5-2-4-10(8-11)16(17,18)19/h2-8,12-13,21H,9H2,1H3,(H,20,23)/t12-,13+/m0/s1. The highest BCUT2D eigenvalue weighted by Crippen LogP contribution is 2.32. The second-order valence-corrected chi connectivity index (χ2v) is 8.77. The Balaban J connectivity index is 1.82. The van der Waals surface area contributed by atoms with Crippen molar-refractivity contribution in [2.45, 2.75) is 24.7 Å². The van der Waals surface area contributed by atoms with Crippen molar-refractivity contribution in [1.29, 1.82) is 0 Å². The Morgan fingerprint density at radius 2 is 2.04 bits per heavy atom. The fourth-order valence-electron chi connectivity index (χ4n) is 2.79. The summed E-state index contributed by atoms with van der Waals surface area (Å²) in [6.45, 7) is 0. The number of alkyl halides is 3. The summed E-state index contributed by atoms with van der Waals surface area (Å²) in [7, 11) is -2.65. The van der Waals surface area contributed by atoms with Crippen LogP contribution in [0.15, 0.2) is 41.8 Å². The van der Waals surface area contributed by atoms with Crippen LogP contribution in [0.25, 0.3) is 0 Å². The van der Waals surface area contributed by atoms with Gasteiger partial charge in [0.2, 0.25) is 5.91 Å². The van der Waals surface area contributed by atoms with E-state index in [1.165, 1.54) is 30.5 Å². The molecule has 146 valence electrons. The van der Waals surface area contributed by atoms with Crippen LogP contribution in [0.2, 0.25) is 0 Å². The zero-order chi connectivity index (χ0) is 19.8. The largest absolute Gasteiger partial charge is 0.416 e. The summed E-state index contributed by atoms with van der Waals surface area (Å²) < 4.78 is 66.5. The summed E-state index contributed by atoms with van der Waals surface area (Å²) in [5.41, 5.74) is -0.949. The van der Waals surface area contributed by atoms with Crippen LogP contribution in [-0.2, 0) is 21.2 Å². The second-order valence-electron chi connectivity index (χ2n) is 6.03. The molecule has 11 heteroatoms. The predicted molar refractivity (Wildman–Crippen MR) is 95.4 cm³/mol. The molecule has 27 heavy (non-hydrogen) atoms. The van der Waals surface area contributed by atoms with Gasteiger partial charge in [-0.1, -0.05) is 12.1 Å². The lowest BCUT2D eigenvalue weighted by molar-refractivity contribution is -0.137. The molecule has 1 saturated heterocycles. The minimum Gasteiger partial charge on any atom is -0.325 e. The highest BCUT2D eigenvalue weighted by atomic mass is 32.2. The number of benzene rings is 1. The third kappa shape index (κ3) is 4.32. The number of thiophene rings is 1. The zero-order valence-electron chi connectivity index (χ0n) is 14.0. The molecule has 1 fully saturated rings. The molecule has 2 heterocycles. The van der Waals surface area contributed by atoms with Crippen molar-refractivity contribution in [2.24, 2.45) is 0 Å². The molecule has 6 nitrogen and oxygen atoms in total. The molecular weight excluding hydrogens is 403 g/mol. The molecule has 2 aromatic rings. The van der Waals surface area contributed by atoms with Gasteiger partial charge in [0, 0.05) is 17.6 Å². The molecule has 1 aliphatic rings. The summed E-state index contributed by atoms with van der Waals surface area (Å²) in [6, 6.07) is 6.08. The molecule has 2 atom stereocenters. The number of carbonyl (C=O) groups excluding carboxylic acids is 1. The van der Waals surface area contributed by atoms with Crippen molar-refractivity contribution in [1.82, 2.24) is 9.03 Å². The van der Waals surface area contributed by atoms with E-state index in [1.807, 2.05) is 0 Å². The van der Waals surface area contributed by atoms with Gasteiger partial charge in [-0.3, -0.25) is 4.79 Å². The molecule has 0 spiro atoms. The fraction of sp³-hybridized carbons (Fsp3) is 0.312. The molecule has 1 aromatic carbocycles. The summed E-state index contributed by atoms with van der Waals surface area (Å²) in [5, 5.41) is 4.18. The van der Waals surface area contributed by atoms with E-state index >= 15 is 0 Å². The lowest BCUT2D eigenvalue weighted by Crippen LogP contribution is -2.55. The van der Waals surface area contributed by atoms with Gasteiger partial charge in [0.25, 0.3) is 10.2 Å². The number of likely N-dealkylation sites (N-methyl/N-ethyl adjacent to an activating group) is 1. The number of halogens is 3. The number of hydrogen-bond acceptors (Lipinski definition) is 4. The van der Waals surface area contributed by atoms with E-state index in [9.17, 15) is 26.4 Å². The third-order valence-electron chi connectivity index (χ3n) is 4.21. The minimum atomic E-state index is -4.54. The van der Waals surface area contributed by atoms with Gasteiger partial charge in [-0.2, -0.15) is 30.6 Å². The molecule has 1 aliphatic heterocycles. The van der Waals surface area contributed by atoms with Crippen molar-refractivity contribution >= 4 is 33.1 Å². The molecule has 2 N–H and O–H groups in total. The SMILES string of the molecule is CN1[C@@H](C(=O)Nc2cccc(C(F)(F)F)c2)C[C@@H](c2cccs2)NS1(=O)=O. The molecule has 0 aliphatic carbocycles. The van der Waals surface area contributed by atoms with Crippen LogP contribution in [0.1, 0.15) is 22.9 Å². The monoisotopic (exact) mass is 419 g/mol. The number of nitrogens with zero attached hydrogens (tertiary/aromatic N) is 1. The molecule has 3 rings (SSSR count). The van der Waals surface area contributed by atoms with Gasteiger partial charge in [0.1, 0.15) is 6.04 Å². The van der Waals surface area contributed by atoms with Crippen LogP contribution in [0.4, 0.5) is 18.9 Å². The Hall–Kier alpha value is -1.95. The first kappa shape index (κ1) is 19.8. The van der Waals surface area contributed by atoms with Crippen molar-refractivity contribution in [2.75, 3.05) is 12.4 Å². The smallest absolute Gasteiger partial charge is 0.325 e. The molecule has 1 amide bonds. The Morgan fingerprint density at radius 3 is 2.67 bits per heavy atom. The van der Waals surface area contributed by atoms with Gasteiger partial charge < -0.3 is 5.32 Å². The van der Waals surface area contributed by atoms with E-state index in [2.05, 4.69) is 10.0 Å². The lowest BCUT2D eigenvalue weighted by Gasteiger charge is -2.35.